The summed E-state index contributed by atoms with van der Waals surface area (Å²) in [4.78, 5) is 4.29. The predicted molar refractivity (Wildman–Crippen MR) is 53.5 cm³/mol. The molecule has 0 N–H and O–H groups in total. The molecule has 0 aromatic heterocycles. The Balaban J connectivity index is 2.71. The van der Waals surface area contributed by atoms with Gasteiger partial charge in [0.1, 0.15) is 0 Å². The average molecular weight is 160 g/mol. The summed E-state index contributed by atoms with van der Waals surface area (Å²) in [6, 6.07) is 10.0. The molecular weight excluding hydrogens is 146 g/mol. The van der Waals surface area contributed by atoms with Gasteiger partial charge in [0.05, 0.1) is 5.54 Å². The Kier molecular flexibility index (Phi) is 2.64. The minimum Gasteiger partial charge on any atom is -0.287 e. The Bertz CT molecular complexity index is 254. The largest absolute Gasteiger partial charge is 0.287 e. The Morgan fingerprint density at radius 1 is 1.25 bits per heavy atom. The molecule has 1 heteroatoms. The Labute approximate surface area is 74.2 Å². The zero-order chi connectivity index (χ0) is 9.03. The fourth-order valence-electron chi connectivity index (χ4n) is 0.788. The van der Waals surface area contributed by atoms with Crippen LogP contribution in [0.3, 0.4) is 0 Å². The van der Waals surface area contributed by atoms with Crippen LogP contribution in [0.25, 0.3) is 0 Å². The van der Waals surface area contributed by atoms with Crippen LogP contribution in [0, 0.1) is 6.92 Å². The lowest BCUT2D eigenvalue weighted by molar-refractivity contribution is 0.656. The first-order valence-corrected chi connectivity index (χ1v) is 4.03. The maximum Gasteiger partial charge on any atom is 0.0553 e. The van der Waals surface area contributed by atoms with E-state index in [2.05, 4.69) is 11.9 Å². The fourth-order valence-corrected chi connectivity index (χ4v) is 0.788. The monoisotopic (exact) mass is 160 g/mol. The van der Waals surface area contributed by atoms with Crippen LogP contribution in [0.4, 0.5) is 0 Å². The van der Waals surface area contributed by atoms with Crippen molar-refractivity contribution in [2.45, 2.75) is 19.4 Å². The molecule has 0 aliphatic rings. The van der Waals surface area contributed by atoms with Crippen molar-refractivity contribution >= 4 is 6.21 Å². The quantitative estimate of drug-likeness (QED) is 0.590. The molecule has 0 unspecified atom stereocenters. The standard InChI is InChI=1S/C11H14N/c1-11(2,3)12-9-10-7-5-4-6-8-10/h4-9H,1H2,2-3H3/b12-9+. The number of aliphatic imine (C=N–C) groups is 1. The molecule has 1 rings (SSSR count). The minimum absolute atomic E-state index is 0.226. The zero-order valence-corrected chi connectivity index (χ0v) is 7.62. The molecule has 0 spiro atoms. The highest BCUT2D eigenvalue weighted by Crippen LogP contribution is 2.05. The average Bonchev–Trinajstić information content (AvgIpc) is 2.02. The molecule has 63 valence electrons. The molecule has 0 bridgehead atoms. The summed E-state index contributed by atoms with van der Waals surface area (Å²) in [6.07, 6.45) is 1.85. The van der Waals surface area contributed by atoms with E-state index in [0.29, 0.717) is 0 Å². The van der Waals surface area contributed by atoms with Crippen LogP contribution >= 0.6 is 0 Å². The highest BCUT2D eigenvalue weighted by Gasteiger charge is 2.04. The second-order valence-electron chi connectivity index (χ2n) is 3.48. The van der Waals surface area contributed by atoms with Gasteiger partial charge in [-0.1, -0.05) is 30.3 Å². The number of rotatable bonds is 2. The molecular formula is C11H14N. The van der Waals surface area contributed by atoms with Crippen molar-refractivity contribution in [3.05, 3.63) is 42.8 Å². The zero-order valence-electron chi connectivity index (χ0n) is 7.62. The third-order valence-electron chi connectivity index (χ3n) is 1.36. The van der Waals surface area contributed by atoms with Gasteiger partial charge in [0.2, 0.25) is 0 Å². The van der Waals surface area contributed by atoms with E-state index in [1.165, 1.54) is 0 Å². The van der Waals surface area contributed by atoms with E-state index in [1.807, 2.05) is 50.4 Å². The molecule has 1 aromatic rings. The van der Waals surface area contributed by atoms with Crippen LogP contribution < -0.4 is 0 Å². The van der Waals surface area contributed by atoms with Gasteiger partial charge >= 0.3 is 0 Å². The molecule has 1 radical (unpaired) electrons. The van der Waals surface area contributed by atoms with Crippen molar-refractivity contribution in [1.82, 2.24) is 0 Å². The normalized spacial score (nSPS) is 12.2. The molecule has 1 nitrogen and oxygen atoms in total. The van der Waals surface area contributed by atoms with Gasteiger partial charge in [-0.15, -0.1) is 0 Å². The first-order chi connectivity index (χ1) is 5.58. The Morgan fingerprint density at radius 3 is 2.33 bits per heavy atom. The molecule has 0 saturated heterocycles. The van der Waals surface area contributed by atoms with E-state index in [-0.39, 0.29) is 5.54 Å². The lowest BCUT2D eigenvalue weighted by Gasteiger charge is -2.10. The van der Waals surface area contributed by atoms with Crippen molar-refractivity contribution in [3.8, 4) is 0 Å². The lowest BCUT2D eigenvalue weighted by atomic mass is 10.1. The maximum atomic E-state index is 4.29. The SMILES string of the molecule is [CH2]C(C)(C)/N=C/c1ccccc1. The number of hydrogen-bond donors (Lipinski definition) is 0. The number of benzene rings is 1. The molecule has 0 atom stereocenters. The second-order valence-corrected chi connectivity index (χ2v) is 3.48. The van der Waals surface area contributed by atoms with Gasteiger partial charge in [-0.2, -0.15) is 0 Å². The molecule has 0 fully saturated rings. The molecule has 0 aliphatic heterocycles. The smallest absolute Gasteiger partial charge is 0.0553 e. The summed E-state index contributed by atoms with van der Waals surface area (Å²) in [5.74, 6) is 0. The lowest BCUT2D eigenvalue weighted by Crippen LogP contribution is -2.10. The van der Waals surface area contributed by atoms with Gasteiger partial charge in [0.25, 0.3) is 0 Å². The van der Waals surface area contributed by atoms with E-state index in [4.69, 9.17) is 0 Å². The van der Waals surface area contributed by atoms with Crippen LogP contribution in [0.1, 0.15) is 19.4 Å². The van der Waals surface area contributed by atoms with E-state index in [1.54, 1.807) is 0 Å². The number of hydrogen-bond acceptors (Lipinski definition) is 1. The molecule has 12 heavy (non-hydrogen) atoms. The molecule has 0 heterocycles. The molecule has 0 aliphatic carbocycles. The topological polar surface area (TPSA) is 12.4 Å². The number of nitrogens with zero attached hydrogens (tertiary/aromatic N) is 1. The predicted octanol–water partition coefficient (Wildman–Crippen LogP) is 2.72. The summed E-state index contributed by atoms with van der Waals surface area (Å²) >= 11 is 0. The first-order valence-electron chi connectivity index (χ1n) is 4.03. The summed E-state index contributed by atoms with van der Waals surface area (Å²) in [6.45, 7) is 7.84. The maximum absolute atomic E-state index is 4.29. The third-order valence-corrected chi connectivity index (χ3v) is 1.36. The molecule has 0 amide bonds. The van der Waals surface area contributed by atoms with Gasteiger partial charge in [0, 0.05) is 6.21 Å². The van der Waals surface area contributed by atoms with Crippen LogP contribution in [-0.2, 0) is 0 Å². The summed E-state index contributed by atoms with van der Waals surface area (Å²) < 4.78 is 0. The van der Waals surface area contributed by atoms with Gasteiger partial charge in [0.15, 0.2) is 0 Å². The first kappa shape index (κ1) is 8.98. The van der Waals surface area contributed by atoms with E-state index in [0.717, 1.165) is 5.56 Å². The van der Waals surface area contributed by atoms with Gasteiger partial charge in [-0.25, -0.2) is 0 Å². The van der Waals surface area contributed by atoms with Crippen molar-refractivity contribution < 1.29 is 0 Å². The van der Waals surface area contributed by atoms with E-state index in [9.17, 15) is 0 Å². The van der Waals surface area contributed by atoms with E-state index >= 15 is 0 Å². The van der Waals surface area contributed by atoms with Crippen LogP contribution in [0.2, 0.25) is 0 Å². The van der Waals surface area contributed by atoms with Gasteiger partial charge in [-0.3, -0.25) is 4.99 Å². The summed E-state index contributed by atoms with van der Waals surface area (Å²) in [7, 11) is 0. The van der Waals surface area contributed by atoms with Crippen LogP contribution in [0.15, 0.2) is 35.3 Å². The Hall–Kier alpha value is -1.11. The summed E-state index contributed by atoms with van der Waals surface area (Å²) in [5.41, 5.74) is 0.893. The summed E-state index contributed by atoms with van der Waals surface area (Å²) in [5, 5.41) is 0. The van der Waals surface area contributed by atoms with Gasteiger partial charge in [-0.05, 0) is 26.3 Å². The van der Waals surface area contributed by atoms with Crippen LogP contribution in [0.5, 0.6) is 0 Å². The molecule has 1 aromatic carbocycles. The molecule has 0 saturated carbocycles. The van der Waals surface area contributed by atoms with Gasteiger partial charge < -0.3 is 0 Å². The van der Waals surface area contributed by atoms with Crippen molar-refractivity contribution in [2.24, 2.45) is 4.99 Å². The third kappa shape index (κ3) is 3.33. The van der Waals surface area contributed by atoms with E-state index < -0.39 is 0 Å². The highest BCUT2D eigenvalue weighted by molar-refractivity contribution is 5.79. The second kappa shape index (κ2) is 3.53. The highest BCUT2D eigenvalue weighted by atomic mass is 14.8. The fraction of sp³-hybridized carbons (Fsp3) is 0.273. The minimum atomic E-state index is -0.226. The van der Waals surface area contributed by atoms with Crippen molar-refractivity contribution in [2.75, 3.05) is 0 Å². The van der Waals surface area contributed by atoms with Crippen LogP contribution in [-0.4, -0.2) is 11.8 Å². The Morgan fingerprint density at radius 2 is 1.83 bits per heavy atom. The van der Waals surface area contributed by atoms with Crippen molar-refractivity contribution in [3.63, 3.8) is 0 Å². The van der Waals surface area contributed by atoms with Crippen molar-refractivity contribution in [1.29, 1.82) is 0 Å².